The maximum absolute atomic E-state index is 12.2. The standard InChI is InChI=1S/C16H22ClN3O2/c1-10-8-11(17)4-5-14(10)19-16(22)13-9-12(13)15(21)18-6-7-20(2)3/h4-5,8,12-13H,6-7,9H2,1-3H3,(H,18,21)(H,19,22). The largest absolute Gasteiger partial charge is 0.355 e. The van der Waals surface area contributed by atoms with Crippen molar-refractivity contribution in [2.75, 3.05) is 32.5 Å². The van der Waals surface area contributed by atoms with Crippen molar-refractivity contribution in [2.45, 2.75) is 13.3 Å². The normalized spacial score (nSPS) is 19.9. The average molecular weight is 324 g/mol. The van der Waals surface area contributed by atoms with Gasteiger partial charge in [0.1, 0.15) is 0 Å². The number of hydrogen-bond acceptors (Lipinski definition) is 3. The molecule has 1 aliphatic rings. The molecule has 1 aromatic rings. The Balaban J connectivity index is 1.81. The summed E-state index contributed by atoms with van der Waals surface area (Å²) in [6.07, 6.45) is 0.617. The molecule has 1 aromatic carbocycles. The molecular weight excluding hydrogens is 302 g/mol. The van der Waals surface area contributed by atoms with Crippen molar-refractivity contribution >= 4 is 29.1 Å². The van der Waals surface area contributed by atoms with Crippen LogP contribution < -0.4 is 10.6 Å². The predicted molar refractivity (Wildman–Crippen MR) is 88.0 cm³/mol. The Morgan fingerprint density at radius 1 is 1.27 bits per heavy atom. The maximum Gasteiger partial charge on any atom is 0.228 e. The number of halogens is 1. The fourth-order valence-corrected chi connectivity index (χ4v) is 2.53. The first-order valence-corrected chi connectivity index (χ1v) is 7.75. The molecule has 1 fully saturated rings. The lowest BCUT2D eigenvalue weighted by Gasteiger charge is -2.10. The lowest BCUT2D eigenvalue weighted by atomic mass is 10.2. The van der Waals surface area contributed by atoms with E-state index in [1.54, 1.807) is 18.2 Å². The van der Waals surface area contributed by atoms with Gasteiger partial charge in [-0.1, -0.05) is 11.6 Å². The highest BCUT2D eigenvalue weighted by molar-refractivity contribution is 6.30. The summed E-state index contributed by atoms with van der Waals surface area (Å²) in [5.41, 5.74) is 1.65. The second kappa shape index (κ2) is 7.11. The smallest absolute Gasteiger partial charge is 0.228 e. The van der Waals surface area contributed by atoms with E-state index in [1.807, 2.05) is 25.9 Å². The van der Waals surface area contributed by atoms with E-state index in [4.69, 9.17) is 11.6 Å². The minimum absolute atomic E-state index is 0.0326. The SMILES string of the molecule is Cc1cc(Cl)ccc1NC(=O)C1CC1C(=O)NCCN(C)C. The third kappa shape index (κ3) is 4.45. The van der Waals surface area contributed by atoms with E-state index in [1.165, 1.54) is 0 Å². The van der Waals surface area contributed by atoms with Gasteiger partial charge in [0.25, 0.3) is 0 Å². The van der Waals surface area contributed by atoms with Crippen molar-refractivity contribution in [3.63, 3.8) is 0 Å². The molecule has 2 rings (SSSR count). The number of nitrogens with zero attached hydrogens (tertiary/aromatic N) is 1. The van der Waals surface area contributed by atoms with Crippen LogP contribution in [-0.4, -0.2) is 43.9 Å². The Hall–Kier alpha value is -1.59. The summed E-state index contributed by atoms with van der Waals surface area (Å²) in [6, 6.07) is 5.32. The Labute approximate surface area is 136 Å². The first-order chi connectivity index (χ1) is 10.4. The highest BCUT2D eigenvalue weighted by atomic mass is 35.5. The number of benzene rings is 1. The quantitative estimate of drug-likeness (QED) is 0.840. The van der Waals surface area contributed by atoms with Crippen LogP contribution in [0.25, 0.3) is 0 Å². The summed E-state index contributed by atoms with van der Waals surface area (Å²) < 4.78 is 0. The first-order valence-electron chi connectivity index (χ1n) is 7.38. The molecule has 1 saturated carbocycles. The van der Waals surface area contributed by atoms with E-state index in [0.717, 1.165) is 17.8 Å². The van der Waals surface area contributed by atoms with Crippen LogP contribution >= 0.6 is 11.6 Å². The van der Waals surface area contributed by atoms with E-state index < -0.39 is 0 Å². The molecule has 0 heterocycles. The van der Waals surface area contributed by atoms with Gasteiger partial charge >= 0.3 is 0 Å². The number of carbonyl (C=O) groups excluding carboxylic acids is 2. The maximum atomic E-state index is 12.2. The van der Waals surface area contributed by atoms with Gasteiger partial charge in [-0.25, -0.2) is 0 Å². The summed E-state index contributed by atoms with van der Waals surface area (Å²) >= 11 is 5.89. The van der Waals surface area contributed by atoms with Crippen molar-refractivity contribution in [1.29, 1.82) is 0 Å². The number of anilines is 1. The third-order valence-electron chi connectivity index (χ3n) is 3.77. The Bertz CT molecular complexity index is 575. The van der Waals surface area contributed by atoms with Gasteiger partial charge in [0.2, 0.25) is 11.8 Å². The molecular formula is C16H22ClN3O2. The molecule has 0 saturated heterocycles. The minimum atomic E-state index is -0.227. The molecule has 2 N–H and O–H groups in total. The van der Waals surface area contributed by atoms with Crippen molar-refractivity contribution in [2.24, 2.45) is 11.8 Å². The van der Waals surface area contributed by atoms with Crippen LogP contribution in [0.15, 0.2) is 18.2 Å². The molecule has 5 nitrogen and oxygen atoms in total. The van der Waals surface area contributed by atoms with Crippen molar-refractivity contribution < 1.29 is 9.59 Å². The molecule has 2 amide bonds. The Kier molecular flexibility index (Phi) is 5.42. The fraction of sp³-hybridized carbons (Fsp3) is 0.500. The molecule has 0 aliphatic heterocycles. The van der Waals surface area contributed by atoms with Crippen LogP contribution in [0.4, 0.5) is 5.69 Å². The van der Waals surface area contributed by atoms with Gasteiger partial charge in [-0.2, -0.15) is 0 Å². The van der Waals surface area contributed by atoms with E-state index in [0.29, 0.717) is 18.0 Å². The summed E-state index contributed by atoms with van der Waals surface area (Å²) in [7, 11) is 3.90. The molecule has 2 atom stereocenters. The molecule has 22 heavy (non-hydrogen) atoms. The summed E-state index contributed by atoms with van der Waals surface area (Å²) in [4.78, 5) is 26.1. The van der Waals surface area contributed by atoms with Crippen LogP contribution in [0.2, 0.25) is 5.02 Å². The van der Waals surface area contributed by atoms with Crippen molar-refractivity contribution in [1.82, 2.24) is 10.2 Å². The van der Waals surface area contributed by atoms with E-state index in [-0.39, 0.29) is 23.7 Å². The first kappa shape index (κ1) is 16.8. The third-order valence-corrected chi connectivity index (χ3v) is 4.00. The van der Waals surface area contributed by atoms with Crippen LogP contribution in [-0.2, 0) is 9.59 Å². The van der Waals surface area contributed by atoms with Gasteiger partial charge in [-0.05, 0) is 51.2 Å². The van der Waals surface area contributed by atoms with Crippen LogP contribution in [0.1, 0.15) is 12.0 Å². The minimum Gasteiger partial charge on any atom is -0.355 e. The molecule has 1 aliphatic carbocycles. The topological polar surface area (TPSA) is 61.4 Å². The highest BCUT2D eigenvalue weighted by Crippen LogP contribution is 2.39. The van der Waals surface area contributed by atoms with Gasteiger partial charge in [0.05, 0.1) is 11.8 Å². The summed E-state index contributed by atoms with van der Waals surface area (Å²) in [5, 5.41) is 6.38. The zero-order valence-corrected chi connectivity index (χ0v) is 13.9. The molecule has 6 heteroatoms. The number of amides is 2. The summed E-state index contributed by atoms with van der Waals surface area (Å²) in [5.74, 6) is -0.558. The molecule has 0 radical (unpaired) electrons. The van der Waals surface area contributed by atoms with Gasteiger partial charge in [-0.3, -0.25) is 9.59 Å². The number of carbonyl (C=O) groups is 2. The number of nitrogens with one attached hydrogen (secondary N) is 2. The van der Waals surface area contributed by atoms with Gasteiger partial charge in [0, 0.05) is 23.8 Å². The molecule has 0 bridgehead atoms. The number of rotatable bonds is 6. The fourth-order valence-electron chi connectivity index (χ4n) is 2.30. The second-order valence-corrected chi connectivity index (χ2v) is 6.43. The lowest BCUT2D eigenvalue weighted by molar-refractivity contribution is -0.125. The van der Waals surface area contributed by atoms with Crippen LogP contribution in [0, 0.1) is 18.8 Å². The highest BCUT2D eigenvalue weighted by Gasteiger charge is 2.47. The van der Waals surface area contributed by atoms with E-state index in [9.17, 15) is 9.59 Å². The van der Waals surface area contributed by atoms with Gasteiger partial charge < -0.3 is 15.5 Å². The monoisotopic (exact) mass is 323 g/mol. The molecule has 120 valence electrons. The number of hydrogen-bond donors (Lipinski definition) is 2. The Morgan fingerprint density at radius 3 is 2.59 bits per heavy atom. The van der Waals surface area contributed by atoms with Crippen LogP contribution in [0.5, 0.6) is 0 Å². The Morgan fingerprint density at radius 2 is 1.95 bits per heavy atom. The second-order valence-electron chi connectivity index (χ2n) is 5.99. The van der Waals surface area contributed by atoms with E-state index in [2.05, 4.69) is 10.6 Å². The van der Waals surface area contributed by atoms with E-state index >= 15 is 0 Å². The van der Waals surface area contributed by atoms with Crippen molar-refractivity contribution in [3.8, 4) is 0 Å². The predicted octanol–water partition coefficient (Wildman–Crippen LogP) is 1.90. The summed E-state index contributed by atoms with van der Waals surface area (Å²) in [6.45, 7) is 3.28. The molecule has 0 spiro atoms. The molecule has 0 aromatic heterocycles. The molecule has 2 unspecified atom stereocenters. The van der Waals surface area contributed by atoms with Crippen molar-refractivity contribution in [3.05, 3.63) is 28.8 Å². The van der Waals surface area contributed by atoms with Gasteiger partial charge in [-0.15, -0.1) is 0 Å². The zero-order chi connectivity index (χ0) is 16.3. The van der Waals surface area contributed by atoms with Gasteiger partial charge in [0.15, 0.2) is 0 Å². The number of likely N-dealkylation sites (N-methyl/N-ethyl adjacent to an activating group) is 1. The average Bonchev–Trinajstić information content (AvgIpc) is 3.22. The number of aryl methyl sites for hydroxylation is 1. The lowest BCUT2D eigenvalue weighted by Crippen LogP contribution is -2.33. The van der Waals surface area contributed by atoms with Crippen LogP contribution in [0.3, 0.4) is 0 Å². The zero-order valence-electron chi connectivity index (χ0n) is 13.1.